The van der Waals surface area contributed by atoms with Crippen molar-refractivity contribution in [1.29, 1.82) is 0 Å². The van der Waals surface area contributed by atoms with Crippen molar-refractivity contribution in [1.82, 2.24) is 4.72 Å². The fraction of sp³-hybridized carbons (Fsp3) is 0.222. The lowest BCUT2D eigenvalue weighted by atomic mass is 10.3. The van der Waals surface area contributed by atoms with Crippen LogP contribution in [-0.2, 0) is 14.8 Å². The van der Waals surface area contributed by atoms with Crippen molar-refractivity contribution in [3.63, 3.8) is 0 Å². The van der Waals surface area contributed by atoms with Crippen LogP contribution in [0.25, 0.3) is 0 Å². The first-order chi connectivity index (χ1) is 7.74. The van der Waals surface area contributed by atoms with Crippen molar-refractivity contribution in [2.24, 2.45) is 5.73 Å². The minimum Gasteiger partial charge on any atom is -0.398 e. The van der Waals surface area contributed by atoms with Gasteiger partial charge in [-0.15, -0.1) is 0 Å². The van der Waals surface area contributed by atoms with Gasteiger partial charge in [-0.3, -0.25) is 4.79 Å². The number of halogens is 1. The van der Waals surface area contributed by atoms with Gasteiger partial charge in [-0.2, -0.15) is 4.72 Å². The Morgan fingerprint density at radius 1 is 1.47 bits per heavy atom. The maximum absolute atomic E-state index is 12.9. The maximum atomic E-state index is 12.9. The Hall–Kier alpha value is -1.67. The molecule has 0 aromatic heterocycles. The normalized spacial score (nSPS) is 13.3. The van der Waals surface area contributed by atoms with Crippen LogP contribution in [0.4, 0.5) is 10.1 Å². The zero-order valence-electron chi connectivity index (χ0n) is 8.98. The molecular weight excluding hydrogens is 249 g/mol. The molecule has 0 spiro atoms. The second kappa shape index (κ2) is 4.68. The molecule has 17 heavy (non-hydrogen) atoms. The number of anilines is 1. The fourth-order valence-electron chi connectivity index (χ4n) is 1.10. The van der Waals surface area contributed by atoms with Crippen LogP contribution in [0.15, 0.2) is 23.1 Å². The number of carbonyl (C=O) groups is 1. The number of carbonyl (C=O) groups excluding carboxylic acids is 1. The molecule has 1 unspecified atom stereocenters. The lowest BCUT2D eigenvalue weighted by Gasteiger charge is -2.12. The molecule has 8 heteroatoms. The standard InChI is InChI=1S/C9H12FN3O3S/c1-5(9(12)14)13-17(15,16)8-4-6(10)2-3-7(8)11/h2-5,13H,11H2,1H3,(H2,12,14). The van der Waals surface area contributed by atoms with Gasteiger partial charge in [0.2, 0.25) is 15.9 Å². The average molecular weight is 261 g/mol. The Morgan fingerprint density at radius 3 is 2.59 bits per heavy atom. The number of nitrogens with two attached hydrogens (primary N) is 2. The van der Waals surface area contributed by atoms with Gasteiger partial charge < -0.3 is 11.5 Å². The summed E-state index contributed by atoms with van der Waals surface area (Å²) in [5.41, 5.74) is 10.2. The molecule has 0 heterocycles. The van der Waals surface area contributed by atoms with Crippen molar-refractivity contribution in [2.45, 2.75) is 17.9 Å². The lowest BCUT2D eigenvalue weighted by molar-refractivity contribution is -0.119. The molecule has 1 aromatic carbocycles. The van der Waals surface area contributed by atoms with E-state index >= 15 is 0 Å². The van der Waals surface area contributed by atoms with E-state index in [-0.39, 0.29) is 5.69 Å². The summed E-state index contributed by atoms with van der Waals surface area (Å²) in [5.74, 6) is -1.59. The Bertz CT molecular complexity index is 544. The third kappa shape index (κ3) is 3.14. The van der Waals surface area contributed by atoms with Crippen LogP contribution in [0.5, 0.6) is 0 Å². The number of amides is 1. The van der Waals surface area contributed by atoms with Gasteiger partial charge in [-0.1, -0.05) is 0 Å². The van der Waals surface area contributed by atoms with Gasteiger partial charge in [0.1, 0.15) is 10.7 Å². The molecule has 0 aliphatic rings. The van der Waals surface area contributed by atoms with Crippen LogP contribution >= 0.6 is 0 Å². The highest BCUT2D eigenvalue weighted by Gasteiger charge is 2.22. The van der Waals surface area contributed by atoms with E-state index in [0.717, 1.165) is 18.2 Å². The highest BCUT2D eigenvalue weighted by molar-refractivity contribution is 7.89. The summed E-state index contributed by atoms with van der Waals surface area (Å²) in [7, 11) is -4.07. The molecule has 0 bridgehead atoms. The van der Waals surface area contributed by atoms with Crippen molar-refractivity contribution in [3.8, 4) is 0 Å². The Balaban J connectivity index is 3.13. The van der Waals surface area contributed by atoms with Crippen molar-refractivity contribution in [3.05, 3.63) is 24.0 Å². The Labute approximate surface area is 97.8 Å². The quantitative estimate of drug-likeness (QED) is 0.637. The zero-order chi connectivity index (χ0) is 13.2. The van der Waals surface area contributed by atoms with Gasteiger partial charge in [0.15, 0.2) is 0 Å². The van der Waals surface area contributed by atoms with E-state index in [1.54, 1.807) is 0 Å². The fourth-order valence-corrected chi connectivity index (χ4v) is 2.45. The van der Waals surface area contributed by atoms with Gasteiger partial charge in [-0.25, -0.2) is 12.8 Å². The average Bonchev–Trinajstić information content (AvgIpc) is 2.20. The van der Waals surface area contributed by atoms with Gasteiger partial charge in [-0.05, 0) is 25.1 Å². The van der Waals surface area contributed by atoms with Gasteiger partial charge in [0.25, 0.3) is 0 Å². The summed E-state index contributed by atoms with van der Waals surface area (Å²) in [6.07, 6.45) is 0. The number of rotatable bonds is 4. The van der Waals surface area contributed by atoms with Crippen LogP contribution in [-0.4, -0.2) is 20.4 Å². The number of hydrogen-bond acceptors (Lipinski definition) is 4. The molecule has 94 valence electrons. The lowest BCUT2D eigenvalue weighted by Crippen LogP contribution is -2.42. The van der Waals surface area contributed by atoms with Crippen molar-refractivity contribution < 1.29 is 17.6 Å². The van der Waals surface area contributed by atoms with E-state index in [9.17, 15) is 17.6 Å². The topological polar surface area (TPSA) is 115 Å². The third-order valence-electron chi connectivity index (χ3n) is 2.02. The predicted octanol–water partition coefficient (Wildman–Crippen LogP) is -0.440. The monoisotopic (exact) mass is 261 g/mol. The molecule has 1 atom stereocenters. The number of sulfonamides is 1. The highest BCUT2D eigenvalue weighted by Crippen LogP contribution is 2.19. The van der Waals surface area contributed by atoms with E-state index in [2.05, 4.69) is 0 Å². The van der Waals surface area contributed by atoms with Gasteiger partial charge in [0.05, 0.1) is 11.7 Å². The van der Waals surface area contributed by atoms with E-state index in [4.69, 9.17) is 11.5 Å². The maximum Gasteiger partial charge on any atom is 0.243 e. The van der Waals surface area contributed by atoms with E-state index in [1.165, 1.54) is 6.92 Å². The second-order valence-corrected chi connectivity index (χ2v) is 5.11. The summed E-state index contributed by atoms with van der Waals surface area (Å²) < 4.78 is 38.4. The molecule has 0 fully saturated rings. The van der Waals surface area contributed by atoms with Crippen LogP contribution in [0, 0.1) is 5.82 Å². The molecule has 1 aromatic rings. The molecule has 0 saturated carbocycles. The molecule has 6 nitrogen and oxygen atoms in total. The second-order valence-electron chi connectivity index (χ2n) is 3.43. The number of hydrogen-bond donors (Lipinski definition) is 3. The smallest absolute Gasteiger partial charge is 0.243 e. The predicted molar refractivity (Wildman–Crippen MR) is 59.8 cm³/mol. The number of primary amides is 1. The number of nitrogens with one attached hydrogen (secondary N) is 1. The summed E-state index contributed by atoms with van der Waals surface area (Å²) in [5, 5.41) is 0. The summed E-state index contributed by atoms with van der Waals surface area (Å²) >= 11 is 0. The Morgan fingerprint density at radius 2 is 2.06 bits per heavy atom. The first-order valence-electron chi connectivity index (χ1n) is 4.60. The first-order valence-corrected chi connectivity index (χ1v) is 6.09. The van der Waals surface area contributed by atoms with Crippen LogP contribution in [0.1, 0.15) is 6.92 Å². The minimum atomic E-state index is -4.07. The van der Waals surface area contributed by atoms with Crippen LogP contribution < -0.4 is 16.2 Å². The molecule has 0 radical (unpaired) electrons. The zero-order valence-corrected chi connectivity index (χ0v) is 9.79. The molecule has 0 aliphatic carbocycles. The molecule has 0 saturated heterocycles. The van der Waals surface area contributed by atoms with E-state index in [0.29, 0.717) is 0 Å². The van der Waals surface area contributed by atoms with Crippen LogP contribution in [0.3, 0.4) is 0 Å². The summed E-state index contributed by atoms with van der Waals surface area (Å²) in [6.45, 7) is 1.27. The number of benzene rings is 1. The largest absolute Gasteiger partial charge is 0.398 e. The number of nitrogen functional groups attached to an aromatic ring is 1. The Kier molecular flexibility index (Phi) is 3.69. The summed E-state index contributed by atoms with van der Waals surface area (Å²) in [4.78, 5) is 10.3. The van der Waals surface area contributed by atoms with Crippen LogP contribution in [0.2, 0.25) is 0 Å². The molecular formula is C9H12FN3O3S. The van der Waals surface area contributed by atoms with E-state index < -0.39 is 32.7 Å². The SMILES string of the molecule is CC(NS(=O)(=O)c1cc(F)ccc1N)C(N)=O. The molecule has 1 rings (SSSR count). The van der Waals surface area contributed by atoms with Gasteiger partial charge in [0, 0.05) is 0 Å². The van der Waals surface area contributed by atoms with Crippen molar-refractivity contribution >= 4 is 21.6 Å². The third-order valence-corrected chi connectivity index (χ3v) is 3.62. The minimum absolute atomic E-state index is 0.115. The first kappa shape index (κ1) is 13.4. The van der Waals surface area contributed by atoms with E-state index in [1.807, 2.05) is 4.72 Å². The van der Waals surface area contributed by atoms with Gasteiger partial charge >= 0.3 is 0 Å². The van der Waals surface area contributed by atoms with Crippen molar-refractivity contribution in [2.75, 3.05) is 5.73 Å². The molecule has 1 amide bonds. The molecule has 0 aliphatic heterocycles. The summed E-state index contributed by atoms with van der Waals surface area (Å²) in [6, 6.07) is 1.82. The molecule has 5 N–H and O–H groups in total. The highest BCUT2D eigenvalue weighted by atomic mass is 32.2.